The monoisotopic (exact) mass is 662 g/mol. The van der Waals surface area contributed by atoms with E-state index in [4.69, 9.17) is 40.4 Å². The zero-order chi connectivity index (χ0) is 37.4. The van der Waals surface area contributed by atoms with Gasteiger partial charge in [-0.3, -0.25) is 0 Å². The lowest BCUT2D eigenvalue weighted by atomic mass is 9.88. The highest BCUT2D eigenvalue weighted by Crippen LogP contribution is 2.31. The minimum Gasteiger partial charge on any atom is -0.478 e. The van der Waals surface area contributed by atoms with Gasteiger partial charge in [-0.1, -0.05) is 87.3 Å². The molecule has 0 saturated carbocycles. The summed E-state index contributed by atoms with van der Waals surface area (Å²) in [4.78, 5) is 40.3. The Bertz CT molecular complexity index is 1070. The molecule has 0 fully saturated rings. The van der Waals surface area contributed by atoms with E-state index in [0.717, 1.165) is 11.1 Å². The molecular weight excluding hydrogens is 608 g/mol. The molecule has 2 aromatic rings. The molecule has 11 heteroatoms. The van der Waals surface area contributed by atoms with E-state index in [1.54, 1.807) is 0 Å². The summed E-state index contributed by atoms with van der Waals surface area (Å²) in [6.07, 6.45) is 0.594. The summed E-state index contributed by atoms with van der Waals surface area (Å²) in [7, 11) is 0. The predicted molar refractivity (Wildman–Crippen MR) is 182 cm³/mol. The lowest BCUT2D eigenvalue weighted by molar-refractivity contribution is -0.410. The Morgan fingerprint density at radius 1 is 0.574 bits per heavy atom. The summed E-state index contributed by atoms with van der Waals surface area (Å²) in [6.45, 7) is 23.2. The van der Waals surface area contributed by atoms with E-state index in [2.05, 4.69) is 19.7 Å². The molecule has 0 spiro atoms. The predicted octanol–water partition coefficient (Wildman–Crippen LogP) is 6.11. The third-order valence-corrected chi connectivity index (χ3v) is 6.25. The number of aliphatic carboxylic acids is 3. The Kier molecular flexibility index (Phi) is 24.2. The number of carboxylic acids is 3. The summed E-state index contributed by atoms with van der Waals surface area (Å²) in [5, 5.41) is 49.6. The molecule has 0 radical (unpaired) electrons. The van der Waals surface area contributed by atoms with E-state index in [1.807, 2.05) is 95.3 Å². The molecule has 0 amide bonds. The Hall–Kier alpha value is -4.13. The van der Waals surface area contributed by atoms with Crippen LogP contribution in [0.4, 0.5) is 0 Å². The number of aliphatic hydroxyl groups excluding tert-OH is 3. The Labute approximate surface area is 279 Å². The number of carboxylic acid groups (broad SMARTS) is 3. The molecule has 0 saturated heterocycles. The second kappa shape index (κ2) is 24.1. The van der Waals surface area contributed by atoms with Crippen molar-refractivity contribution < 1.29 is 54.8 Å². The van der Waals surface area contributed by atoms with Crippen LogP contribution < -0.4 is 0 Å². The molecule has 0 bridgehead atoms. The zero-order valence-electron chi connectivity index (χ0n) is 28.9. The first-order valence-electron chi connectivity index (χ1n) is 14.6. The molecule has 11 nitrogen and oxygen atoms in total. The Morgan fingerprint density at radius 2 is 0.787 bits per heavy atom. The first-order chi connectivity index (χ1) is 21.6. The average molecular weight is 663 g/mol. The van der Waals surface area contributed by atoms with Gasteiger partial charge < -0.3 is 30.6 Å². The smallest absolute Gasteiger partial charge is 0.330 e. The van der Waals surface area contributed by atoms with Crippen LogP contribution in [0.1, 0.15) is 72.9 Å². The van der Waals surface area contributed by atoms with Crippen LogP contribution in [0.15, 0.2) is 97.1 Å². The van der Waals surface area contributed by atoms with Crippen LogP contribution in [0.3, 0.4) is 0 Å². The van der Waals surface area contributed by atoms with Crippen molar-refractivity contribution in [2.75, 3.05) is 19.8 Å². The first-order valence-corrected chi connectivity index (χ1v) is 14.6. The van der Waals surface area contributed by atoms with Crippen LogP contribution in [0.5, 0.6) is 0 Å². The van der Waals surface area contributed by atoms with Gasteiger partial charge in [-0.2, -0.15) is 0 Å². The second-order valence-corrected chi connectivity index (χ2v) is 11.5. The van der Waals surface area contributed by atoms with Gasteiger partial charge in [-0.05, 0) is 66.0 Å². The van der Waals surface area contributed by atoms with Crippen molar-refractivity contribution in [3.8, 4) is 0 Å². The normalized spacial score (nSPS) is 10.4. The van der Waals surface area contributed by atoms with Gasteiger partial charge in [0.25, 0.3) is 0 Å². The number of carbonyl (C=O) groups is 3. The van der Waals surface area contributed by atoms with E-state index in [1.165, 1.54) is 20.8 Å². The van der Waals surface area contributed by atoms with Crippen molar-refractivity contribution in [3.63, 3.8) is 0 Å². The van der Waals surface area contributed by atoms with Crippen LogP contribution in [0.2, 0.25) is 0 Å². The lowest BCUT2D eigenvalue weighted by Gasteiger charge is -2.31. The van der Waals surface area contributed by atoms with E-state index in [0.29, 0.717) is 6.42 Å². The maximum Gasteiger partial charge on any atom is 0.330 e. The van der Waals surface area contributed by atoms with Crippen LogP contribution in [0.25, 0.3) is 0 Å². The average Bonchev–Trinajstić information content (AvgIpc) is 3.03. The van der Waals surface area contributed by atoms with Crippen molar-refractivity contribution in [2.45, 2.75) is 73.0 Å². The summed E-state index contributed by atoms with van der Waals surface area (Å²) in [6, 6.07) is 20.2. The minimum atomic E-state index is -0.935. The molecule has 0 aliphatic rings. The van der Waals surface area contributed by atoms with Crippen molar-refractivity contribution in [2.24, 2.45) is 5.41 Å². The Morgan fingerprint density at radius 3 is 0.915 bits per heavy atom. The van der Waals surface area contributed by atoms with Crippen LogP contribution >= 0.6 is 0 Å². The number of hydrogen-bond donors (Lipinski definition) is 6. The van der Waals surface area contributed by atoms with Gasteiger partial charge in [0.1, 0.15) is 11.2 Å². The van der Waals surface area contributed by atoms with E-state index in [-0.39, 0.29) is 36.5 Å². The van der Waals surface area contributed by atoms with Gasteiger partial charge in [-0.25, -0.2) is 24.2 Å². The highest BCUT2D eigenvalue weighted by Gasteiger charge is 2.29. The maximum atomic E-state index is 9.60. The number of hydrogen-bond acceptors (Lipinski definition) is 8. The molecule has 47 heavy (non-hydrogen) atoms. The molecule has 0 unspecified atom stereocenters. The molecule has 2 aromatic carbocycles. The summed E-state index contributed by atoms with van der Waals surface area (Å²) in [5.41, 5.74) is 1.05. The van der Waals surface area contributed by atoms with Gasteiger partial charge in [-0.15, -0.1) is 0 Å². The molecule has 264 valence electrons. The topological polar surface area (TPSA) is 191 Å². The standard InChI is InChI=1S/C18H22O2.C6H14O3.3C4H6O2/c1-17(2,15-11-7-5-8-12-15)19-20-18(3,4)16-13-9-6-10-14-16;1-2-6(3-7,4-8)5-9;3*1-3(2)4(5)6/h5-14H,1-4H3;7-9H,2-5H2,1H3;3*1H2,2H3,(H,5,6). The van der Waals surface area contributed by atoms with Crippen LogP contribution in [-0.2, 0) is 35.4 Å². The Balaban J connectivity index is -0.000000596. The fourth-order valence-electron chi connectivity index (χ4n) is 2.47. The summed E-state index contributed by atoms with van der Waals surface area (Å²) < 4.78 is 0. The molecule has 2 rings (SSSR count). The van der Waals surface area contributed by atoms with Crippen molar-refractivity contribution >= 4 is 17.9 Å². The van der Waals surface area contributed by atoms with Crippen molar-refractivity contribution in [1.82, 2.24) is 0 Å². The largest absolute Gasteiger partial charge is 0.478 e. The second-order valence-electron chi connectivity index (χ2n) is 11.5. The fraction of sp³-hybridized carbons (Fsp3) is 0.417. The molecule has 6 N–H and O–H groups in total. The van der Waals surface area contributed by atoms with Crippen molar-refractivity contribution in [3.05, 3.63) is 108 Å². The van der Waals surface area contributed by atoms with Gasteiger partial charge in [0.05, 0.1) is 19.8 Å². The highest BCUT2D eigenvalue weighted by atomic mass is 17.2. The SMILES string of the molecule is C=C(C)C(=O)O.C=C(C)C(=O)O.C=C(C)C(=O)O.CC(C)(OOC(C)(C)c1ccccc1)c1ccccc1.CCC(CO)(CO)CO. The lowest BCUT2D eigenvalue weighted by Crippen LogP contribution is -2.32. The van der Waals surface area contributed by atoms with E-state index >= 15 is 0 Å². The van der Waals surface area contributed by atoms with Crippen molar-refractivity contribution in [1.29, 1.82) is 0 Å². The van der Waals surface area contributed by atoms with E-state index < -0.39 is 34.5 Å². The van der Waals surface area contributed by atoms with Crippen LogP contribution in [-0.4, -0.2) is 68.4 Å². The van der Waals surface area contributed by atoms with Gasteiger partial charge >= 0.3 is 17.9 Å². The third-order valence-electron chi connectivity index (χ3n) is 6.25. The number of benzene rings is 2. The van der Waals surface area contributed by atoms with E-state index in [9.17, 15) is 14.4 Å². The summed E-state index contributed by atoms with van der Waals surface area (Å²) in [5.74, 6) is -2.81. The molecule has 0 aliphatic carbocycles. The molecule has 0 atom stereocenters. The fourth-order valence-corrected chi connectivity index (χ4v) is 2.47. The minimum absolute atomic E-state index is 0.156. The number of aliphatic hydroxyl groups is 3. The third kappa shape index (κ3) is 22.1. The molecule has 0 aliphatic heterocycles. The quantitative estimate of drug-likeness (QED) is 0.0874. The number of rotatable bonds is 12. The summed E-state index contributed by atoms with van der Waals surface area (Å²) >= 11 is 0. The zero-order valence-corrected chi connectivity index (χ0v) is 28.9. The molecular formula is C36H54O11. The van der Waals surface area contributed by atoms with Gasteiger partial charge in [0, 0.05) is 22.1 Å². The molecule has 0 aromatic heterocycles. The first kappa shape index (κ1) is 47.3. The van der Waals surface area contributed by atoms with Gasteiger partial charge in [0.2, 0.25) is 0 Å². The van der Waals surface area contributed by atoms with Crippen LogP contribution in [0, 0.1) is 5.41 Å². The molecule has 0 heterocycles. The maximum absolute atomic E-state index is 9.60. The van der Waals surface area contributed by atoms with Gasteiger partial charge in [0.15, 0.2) is 0 Å². The highest BCUT2D eigenvalue weighted by molar-refractivity contribution is 5.85.